The molecular formula is C38H24N2. The van der Waals surface area contributed by atoms with E-state index in [0.29, 0.717) is 0 Å². The summed E-state index contributed by atoms with van der Waals surface area (Å²) in [5.41, 5.74) is 7.07. The van der Waals surface area contributed by atoms with Crippen LogP contribution in [0.25, 0.3) is 71.4 Å². The lowest BCUT2D eigenvalue weighted by Gasteiger charge is -2.16. The zero-order chi connectivity index (χ0) is 26.8. The maximum absolute atomic E-state index is 8.48. The van der Waals surface area contributed by atoms with Gasteiger partial charge in [0.15, 0.2) is 0 Å². The van der Waals surface area contributed by atoms with Gasteiger partial charge in [0.1, 0.15) is 0 Å². The van der Waals surface area contributed by atoms with Gasteiger partial charge in [0.25, 0.3) is 0 Å². The standard InChI is InChI=1S/C38H24N2/c39-36-19-16-23-12-13-28-21-26(14-17-29(28)37(23)38(36)40)24-6-5-7-25(20-24)27-15-18-34-32-10-2-1-8-30(32)31-9-3-4-11-33(31)35(34)22-27/h1-22,39-40H. The summed E-state index contributed by atoms with van der Waals surface area (Å²) >= 11 is 0. The minimum absolute atomic E-state index is 0.257. The van der Waals surface area contributed by atoms with Crippen molar-refractivity contribution < 1.29 is 0 Å². The van der Waals surface area contributed by atoms with E-state index in [2.05, 4.69) is 121 Å². The van der Waals surface area contributed by atoms with Gasteiger partial charge >= 0.3 is 0 Å². The van der Waals surface area contributed by atoms with Gasteiger partial charge in [-0.15, -0.1) is 0 Å². The van der Waals surface area contributed by atoms with E-state index in [9.17, 15) is 0 Å². The number of hydrogen-bond donors (Lipinski definition) is 2. The lowest BCUT2D eigenvalue weighted by Crippen LogP contribution is -2.16. The first-order chi connectivity index (χ1) is 19.7. The molecule has 0 radical (unpaired) electrons. The van der Waals surface area contributed by atoms with Crippen LogP contribution in [0.3, 0.4) is 0 Å². The van der Waals surface area contributed by atoms with Crippen molar-refractivity contribution in [1.82, 2.24) is 0 Å². The van der Waals surface area contributed by atoms with Gasteiger partial charge in [-0.1, -0.05) is 109 Å². The van der Waals surface area contributed by atoms with Gasteiger partial charge in [-0.05, 0) is 95.2 Å². The highest BCUT2D eigenvalue weighted by Crippen LogP contribution is 2.38. The van der Waals surface area contributed by atoms with E-state index >= 15 is 0 Å². The van der Waals surface area contributed by atoms with E-state index in [1.807, 2.05) is 6.08 Å². The van der Waals surface area contributed by atoms with E-state index in [1.54, 1.807) is 6.08 Å². The topological polar surface area (TPSA) is 47.7 Å². The minimum atomic E-state index is 0.257. The van der Waals surface area contributed by atoms with Crippen molar-refractivity contribution in [1.29, 1.82) is 10.8 Å². The third-order valence-electron chi connectivity index (χ3n) is 8.27. The van der Waals surface area contributed by atoms with Crippen LogP contribution >= 0.6 is 0 Å². The fourth-order valence-electron chi connectivity index (χ4n) is 6.30. The Hall–Kier alpha value is -5.34. The third kappa shape index (κ3) is 3.36. The number of benzene rings is 7. The van der Waals surface area contributed by atoms with Gasteiger partial charge in [0.05, 0.1) is 11.4 Å². The molecule has 0 spiro atoms. The van der Waals surface area contributed by atoms with Crippen LogP contribution in [0.1, 0.15) is 11.1 Å². The average Bonchev–Trinajstić information content (AvgIpc) is 3.02. The second-order valence-corrected chi connectivity index (χ2v) is 10.5. The summed E-state index contributed by atoms with van der Waals surface area (Å²) in [5, 5.41) is 26.4. The van der Waals surface area contributed by atoms with E-state index in [4.69, 9.17) is 10.8 Å². The van der Waals surface area contributed by atoms with Crippen LogP contribution in [0.2, 0.25) is 0 Å². The van der Waals surface area contributed by atoms with Crippen molar-refractivity contribution in [3.63, 3.8) is 0 Å². The molecule has 2 nitrogen and oxygen atoms in total. The minimum Gasteiger partial charge on any atom is -0.299 e. The molecule has 0 heterocycles. The zero-order valence-electron chi connectivity index (χ0n) is 21.7. The van der Waals surface area contributed by atoms with Crippen molar-refractivity contribution in [3.8, 4) is 22.3 Å². The summed E-state index contributed by atoms with van der Waals surface area (Å²) in [6.07, 6.45) is 3.64. The number of rotatable bonds is 2. The molecule has 7 aromatic carbocycles. The Morgan fingerprint density at radius 3 is 1.60 bits per heavy atom. The first kappa shape index (κ1) is 22.6. The van der Waals surface area contributed by atoms with Crippen LogP contribution in [0.4, 0.5) is 0 Å². The normalized spacial score (nSPS) is 13.0. The summed E-state index contributed by atoms with van der Waals surface area (Å²) < 4.78 is 0. The Morgan fingerprint density at radius 1 is 0.375 bits per heavy atom. The number of hydrogen-bond acceptors (Lipinski definition) is 2. The van der Waals surface area contributed by atoms with Crippen LogP contribution in [-0.4, -0.2) is 11.4 Å². The number of allylic oxidation sites excluding steroid dienone is 1. The van der Waals surface area contributed by atoms with Crippen LogP contribution in [0.15, 0.2) is 127 Å². The summed E-state index contributed by atoms with van der Waals surface area (Å²) in [6.45, 7) is 0. The first-order valence-corrected chi connectivity index (χ1v) is 13.5. The fourth-order valence-corrected chi connectivity index (χ4v) is 6.30. The molecule has 40 heavy (non-hydrogen) atoms. The Labute approximate surface area is 231 Å². The highest BCUT2D eigenvalue weighted by molar-refractivity contribution is 6.53. The second kappa shape index (κ2) is 8.59. The van der Waals surface area contributed by atoms with Crippen molar-refractivity contribution >= 4 is 60.6 Å². The molecule has 0 bridgehead atoms. The third-order valence-corrected chi connectivity index (χ3v) is 8.27. The van der Waals surface area contributed by atoms with Crippen molar-refractivity contribution in [2.75, 3.05) is 0 Å². The molecule has 0 saturated carbocycles. The van der Waals surface area contributed by atoms with Gasteiger partial charge in [-0.3, -0.25) is 10.8 Å². The molecule has 1 aliphatic rings. The molecule has 1 aliphatic carbocycles. The predicted octanol–water partition coefficient (Wildman–Crippen LogP) is 10.0. The van der Waals surface area contributed by atoms with Crippen molar-refractivity contribution in [2.45, 2.75) is 0 Å². The van der Waals surface area contributed by atoms with Gasteiger partial charge in [0.2, 0.25) is 0 Å². The Morgan fingerprint density at radius 2 is 0.925 bits per heavy atom. The van der Waals surface area contributed by atoms with Crippen LogP contribution in [0.5, 0.6) is 0 Å². The second-order valence-electron chi connectivity index (χ2n) is 10.5. The van der Waals surface area contributed by atoms with Crippen LogP contribution < -0.4 is 0 Å². The summed E-state index contributed by atoms with van der Waals surface area (Å²) in [6, 6.07) is 43.6. The molecule has 0 saturated heterocycles. The fraction of sp³-hybridized carbons (Fsp3) is 0. The smallest absolute Gasteiger partial charge is 0.0873 e. The maximum Gasteiger partial charge on any atom is 0.0873 e. The molecule has 0 atom stereocenters. The molecule has 0 unspecified atom stereocenters. The summed E-state index contributed by atoms with van der Waals surface area (Å²) in [7, 11) is 0. The highest BCUT2D eigenvalue weighted by Gasteiger charge is 2.18. The van der Waals surface area contributed by atoms with E-state index < -0.39 is 0 Å². The Balaban J connectivity index is 1.26. The largest absolute Gasteiger partial charge is 0.299 e. The van der Waals surface area contributed by atoms with Crippen molar-refractivity contribution in [3.05, 3.63) is 139 Å². The maximum atomic E-state index is 8.48. The number of fused-ring (bicyclic) bond motifs is 9. The van der Waals surface area contributed by atoms with Crippen LogP contribution in [-0.2, 0) is 0 Å². The zero-order valence-corrected chi connectivity index (χ0v) is 21.7. The molecule has 7 aromatic rings. The van der Waals surface area contributed by atoms with E-state index in [-0.39, 0.29) is 11.4 Å². The monoisotopic (exact) mass is 508 g/mol. The molecule has 2 N–H and O–H groups in total. The Kier molecular flexibility index (Phi) is 4.86. The SMILES string of the molecule is N=C1C=Cc2ccc3cc(-c4cccc(-c5ccc6c7ccccc7c7ccccc7c6c5)c4)ccc3c2C1=N. The molecule has 186 valence electrons. The van der Waals surface area contributed by atoms with Crippen molar-refractivity contribution in [2.24, 2.45) is 0 Å². The van der Waals surface area contributed by atoms with Gasteiger partial charge < -0.3 is 0 Å². The first-order valence-electron chi connectivity index (χ1n) is 13.5. The molecule has 0 fully saturated rings. The molecule has 2 heteroatoms. The number of nitrogens with one attached hydrogen (secondary N) is 2. The van der Waals surface area contributed by atoms with Gasteiger partial charge in [-0.2, -0.15) is 0 Å². The lowest BCUT2D eigenvalue weighted by molar-refractivity contribution is 1.47. The molecule has 8 rings (SSSR count). The molecular weight excluding hydrogens is 484 g/mol. The van der Waals surface area contributed by atoms with Gasteiger partial charge in [0, 0.05) is 5.56 Å². The van der Waals surface area contributed by atoms with Crippen LogP contribution in [0, 0.1) is 10.8 Å². The lowest BCUT2D eigenvalue weighted by atomic mass is 9.88. The molecule has 0 aliphatic heterocycles. The Bertz CT molecular complexity index is 2220. The summed E-state index contributed by atoms with van der Waals surface area (Å²) in [5.74, 6) is 0. The van der Waals surface area contributed by atoms with Gasteiger partial charge in [-0.25, -0.2) is 0 Å². The molecule has 0 aromatic heterocycles. The summed E-state index contributed by atoms with van der Waals surface area (Å²) in [4.78, 5) is 0. The molecule has 0 amide bonds. The predicted molar refractivity (Wildman–Crippen MR) is 171 cm³/mol. The average molecular weight is 509 g/mol. The quantitative estimate of drug-likeness (QED) is 0.218. The van der Waals surface area contributed by atoms with E-state index in [0.717, 1.165) is 33.0 Å². The van der Waals surface area contributed by atoms with E-state index in [1.165, 1.54) is 43.4 Å². The highest BCUT2D eigenvalue weighted by atomic mass is 14.5.